The van der Waals surface area contributed by atoms with Gasteiger partial charge < -0.3 is 15.2 Å². The van der Waals surface area contributed by atoms with E-state index in [1.54, 1.807) is 7.11 Å². The van der Waals surface area contributed by atoms with E-state index < -0.39 is 11.0 Å². The average Bonchev–Trinajstić information content (AvgIpc) is 3.18. The Kier molecular flexibility index (Phi) is 11.5. The van der Waals surface area contributed by atoms with E-state index >= 15 is 0 Å². The Morgan fingerprint density at radius 1 is 1.28 bits per heavy atom. The molecule has 2 N–H and O–H groups in total. The SMILES string of the molecule is CCC.CCC(C)C(=O)C(CCS)(CCOC)c1ccc(C2(N)CCOC2)cc1. The van der Waals surface area contributed by atoms with Crippen LogP contribution in [0.5, 0.6) is 0 Å². The largest absolute Gasteiger partial charge is 0.385 e. The lowest BCUT2D eigenvalue weighted by molar-refractivity contribution is -0.129. The lowest BCUT2D eigenvalue weighted by Crippen LogP contribution is -2.41. The number of benzene rings is 1. The van der Waals surface area contributed by atoms with Crippen LogP contribution in [0.15, 0.2) is 24.3 Å². The Hall–Kier alpha value is -0.880. The molecule has 1 aliphatic heterocycles. The molecule has 3 atom stereocenters. The van der Waals surface area contributed by atoms with Crippen molar-refractivity contribution in [2.75, 3.05) is 32.7 Å². The first-order valence-corrected chi connectivity index (χ1v) is 11.6. The van der Waals surface area contributed by atoms with Crippen molar-refractivity contribution in [1.29, 1.82) is 0 Å². The highest BCUT2D eigenvalue weighted by Gasteiger charge is 2.41. The van der Waals surface area contributed by atoms with Gasteiger partial charge in [0.25, 0.3) is 0 Å². The number of carbonyl (C=O) groups is 1. The van der Waals surface area contributed by atoms with Gasteiger partial charge in [0.15, 0.2) is 0 Å². The number of Topliss-reactive ketones (excluding diaryl/α,β-unsaturated/α-hetero) is 1. The monoisotopic (exact) mass is 423 g/mol. The van der Waals surface area contributed by atoms with Crippen molar-refractivity contribution < 1.29 is 14.3 Å². The van der Waals surface area contributed by atoms with E-state index in [0.717, 1.165) is 24.0 Å². The highest BCUT2D eigenvalue weighted by Crippen LogP contribution is 2.38. The Balaban J connectivity index is 0.00000132. The van der Waals surface area contributed by atoms with Gasteiger partial charge in [-0.25, -0.2) is 0 Å². The molecule has 3 unspecified atom stereocenters. The maximum atomic E-state index is 13.4. The molecule has 0 spiro atoms. The summed E-state index contributed by atoms with van der Waals surface area (Å²) in [5.41, 5.74) is 7.62. The molecular formula is C24H41NO3S. The molecule has 5 heteroatoms. The van der Waals surface area contributed by atoms with Gasteiger partial charge >= 0.3 is 0 Å². The third-order valence-corrected chi connectivity index (χ3v) is 6.09. The smallest absolute Gasteiger partial charge is 0.146 e. The molecule has 166 valence electrons. The quantitative estimate of drug-likeness (QED) is 0.526. The summed E-state index contributed by atoms with van der Waals surface area (Å²) >= 11 is 4.45. The van der Waals surface area contributed by atoms with E-state index in [1.165, 1.54) is 6.42 Å². The van der Waals surface area contributed by atoms with Gasteiger partial charge in [0.1, 0.15) is 5.78 Å². The van der Waals surface area contributed by atoms with Crippen LogP contribution in [0.4, 0.5) is 0 Å². The van der Waals surface area contributed by atoms with Crippen molar-refractivity contribution in [3.05, 3.63) is 35.4 Å². The van der Waals surface area contributed by atoms with Gasteiger partial charge in [-0.3, -0.25) is 4.79 Å². The Morgan fingerprint density at radius 3 is 2.34 bits per heavy atom. The highest BCUT2D eigenvalue weighted by molar-refractivity contribution is 7.80. The second kappa shape index (κ2) is 12.7. The number of rotatable bonds is 10. The molecule has 1 heterocycles. The van der Waals surface area contributed by atoms with Gasteiger partial charge in [0.2, 0.25) is 0 Å². The Bertz CT molecular complexity index is 599. The second-order valence-electron chi connectivity index (χ2n) is 8.22. The molecule has 0 aliphatic carbocycles. The van der Waals surface area contributed by atoms with Crippen LogP contribution in [0.3, 0.4) is 0 Å². The summed E-state index contributed by atoms with van der Waals surface area (Å²) in [7, 11) is 1.68. The molecule has 1 aromatic rings. The number of carbonyl (C=O) groups excluding carboxylic acids is 1. The van der Waals surface area contributed by atoms with Crippen LogP contribution in [0.2, 0.25) is 0 Å². The molecule has 1 aromatic carbocycles. The minimum atomic E-state index is -0.556. The summed E-state index contributed by atoms with van der Waals surface area (Å²) in [6.45, 7) is 10.1. The Labute approximate surface area is 183 Å². The first-order chi connectivity index (χ1) is 13.8. The van der Waals surface area contributed by atoms with E-state index in [-0.39, 0.29) is 11.7 Å². The fraction of sp³-hybridized carbons (Fsp3) is 0.708. The number of hydrogen-bond acceptors (Lipinski definition) is 5. The maximum Gasteiger partial charge on any atom is 0.146 e. The first kappa shape index (κ1) is 26.2. The van der Waals surface area contributed by atoms with Crippen LogP contribution in [-0.4, -0.2) is 38.5 Å². The van der Waals surface area contributed by atoms with Crippen molar-refractivity contribution in [2.45, 2.75) is 70.8 Å². The minimum absolute atomic E-state index is 0.00972. The normalized spacial score (nSPS) is 21.8. The maximum absolute atomic E-state index is 13.4. The van der Waals surface area contributed by atoms with Crippen LogP contribution in [0.1, 0.15) is 70.9 Å². The van der Waals surface area contributed by atoms with Gasteiger partial charge in [-0.2, -0.15) is 12.6 Å². The van der Waals surface area contributed by atoms with Crippen molar-refractivity contribution in [2.24, 2.45) is 11.7 Å². The third kappa shape index (κ3) is 6.55. The van der Waals surface area contributed by atoms with Gasteiger partial charge in [-0.15, -0.1) is 0 Å². The molecule has 0 aromatic heterocycles. The highest BCUT2D eigenvalue weighted by atomic mass is 32.1. The van der Waals surface area contributed by atoms with Crippen molar-refractivity contribution in [3.8, 4) is 0 Å². The van der Waals surface area contributed by atoms with E-state index in [0.29, 0.717) is 38.4 Å². The minimum Gasteiger partial charge on any atom is -0.385 e. The summed E-state index contributed by atoms with van der Waals surface area (Å²) in [5, 5.41) is 0. The summed E-state index contributed by atoms with van der Waals surface area (Å²) < 4.78 is 10.8. The van der Waals surface area contributed by atoms with Crippen molar-refractivity contribution in [3.63, 3.8) is 0 Å². The number of ketones is 1. The zero-order chi connectivity index (χ0) is 21.9. The predicted molar refractivity (Wildman–Crippen MR) is 125 cm³/mol. The molecule has 0 amide bonds. The molecule has 0 bridgehead atoms. The fourth-order valence-corrected chi connectivity index (χ4v) is 4.24. The summed E-state index contributed by atoms with van der Waals surface area (Å²) in [4.78, 5) is 13.4. The van der Waals surface area contributed by atoms with Crippen molar-refractivity contribution in [1.82, 2.24) is 0 Å². The summed E-state index contributed by atoms with van der Waals surface area (Å²) in [6.07, 6.45) is 4.29. The zero-order valence-electron chi connectivity index (χ0n) is 19.0. The van der Waals surface area contributed by atoms with E-state index in [1.807, 2.05) is 6.92 Å². The van der Waals surface area contributed by atoms with Crippen LogP contribution in [0.25, 0.3) is 0 Å². The number of nitrogens with two attached hydrogens (primary N) is 1. The topological polar surface area (TPSA) is 61.5 Å². The second-order valence-corrected chi connectivity index (χ2v) is 8.66. The van der Waals surface area contributed by atoms with E-state index in [9.17, 15) is 4.79 Å². The fourth-order valence-electron chi connectivity index (χ4n) is 3.86. The standard InChI is InChI=1S/C21H33NO3S.C3H8/c1-4-16(2)19(23)20(11-14-26,9-12-24-3)17-5-7-18(8-6-17)21(22)10-13-25-15-21;1-3-2/h5-8,16,26H,4,9-15,22H2,1-3H3;3H2,1-2H3. The molecule has 4 nitrogen and oxygen atoms in total. The average molecular weight is 424 g/mol. The number of methoxy groups -OCH3 is 1. The summed E-state index contributed by atoms with van der Waals surface area (Å²) in [6, 6.07) is 8.27. The lowest BCUT2D eigenvalue weighted by atomic mass is 9.68. The van der Waals surface area contributed by atoms with Gasteiger partial charge in [-0.1, -0.05) is 58.4 Å². The van der Waals surface area contributed by atoms with Crippen LogP contribution in [0, 0.1) is 5.92 Å². The van der Waals surface area contributed by atoms with Crippen LogP contribution < -0.4 is 5.73 Å². The number of hydrogen-bond donors (Lipinski definition) is 2. The molecule has 0 radical (unpaired) electrons. The van der Waals surface area contributed by atoms with Crippen molar-refractivity contribution >= 4 is 18.4 Å². The molecular weight excluding hydrogens is 382 g/mol. The molecule has 0 saturated carbocycles. The van der Waals surface area contributed by atoms with Crippen LogP contribution in [-0.2, 0) is 25.2 Å². The molecule has 1 aliphatic rings. The summed E-state index contributed by atoms with van der Waals surface area (Å²) in [5.74, 6) is 0.948. The predicted octanol–water partition coefficient (Wildman–Crippen LogP) is 4.89. The zero-order valence-corrected chi connectivity index (χ0v) is 19.9. The van der Waals surface area contributed by atoms with Gasteiger partial charge in [-0.05, 0) is 42.6 Å². The molecule has 2 rings (SSSR count). The number of ether oxygens (including phenoxy) is 2. The molecule has 1 fully saturated rings. The van der Waals surface area contributed by atoms with Gasteiger partial charge in [0, 0.05) is 26.2 Å². The molecule has 1 saturated heterocycles. The number of thiol groups is 1. The van der Waals surface area contributed by atoms with E-state index in [4.69, 9.17) is 15.2 Å². The third-order valence-electron chi connectivity index (χ3n) is 5.87. The lowest BCUT2D eigenvalue weighted by Gasteiger charge is -2.35. The molecule has 29 heavy (non-hydrogen) atoms. The van der Waals surface area contributed by atoms with Crippen LogP contribution >= 0.6 is 12.6 Å². The van der Waals surface area contributed by atoms with Gasteiger partial charge in [0.05, 0.1) is 17.6 Å². The van der Waals surface area contributed by atoms with E-state index in [2.05, 4.69) is 57.7 Å². The Morgan fingerprint density at radius 2 is 1.90 bits per heavy atom. The first-order valence-electron chi connectivity index (χ1n) is 11.0.